The van der Waals surface area contributed by atoms with Crippen LogP contribution in [0.25, 0.3) is 101 Å². The second kappa shape index (κ2) is 11.4. The van der Waals surface area contributed by atoms with Crippen molar-refractivity contribution in [3.05, 3.63) is 158 Å². The number of aromatic nitrogens is 4. The lowest BCUT2D eigenvalue weighted by molar-refractivity contribution is 0.620. The highest BCUT2D eigenvalue weighted by atomic mass is 16.4. The second-order valence-corrected chi connectivity index (χ2v) is 12.2. The summed E-state index contributed by atoms with van der Waals surface area (Å²) >= 11 is 0. The molecule has 6 heteroatoms. The average Bonchev–Trinajstić information content (AvgIpc) is 3.81. The number of oxazole rings is 1. The Morgan fingerprint density at radius 1 is 0.360 bits per heavy atom. The van der Waals surface area contributed by atoms with Gasteiger partial charge in [0.15, 0.2) is 22.5 Å². The lowest BCUT2D eigenvalue weighted by Gasteiger charge is -2.11. The molecule has 10 aromatic rings. The molecule has 0 fully saturated rings. The second-order valence-electron chi connectivity index (χ2n) is 12.2. The SMILES string of the molecule is c1ccc(-c2cc(-c3ccccc3)nc(-c3cccc(-c4cccc5c4ccc4c6ccc7oc(-c8ccccc8)nc7c6oc54)n3)n2)cc1. The molecule has 0 aliphatic rings. The topological polar surface area (TPSA) is 77.8 Å². The van der Waals surface area contributed by atoms with Crippen LogP contribution in [0.3, 0.4) is 0 Å². The predicted molar refractivity (Wildman–Crippen MR) is 199 cm³/mol. The number of hydrogen-bond donors (Lipinski definition) is 0. The summed E-state index contributed by atoms with van der Waals surface area (Å²) in [7, 11) is 0. The first-order chi connectivity index (χ1) is 24.8. The van der Waals surface area contributed by atoms with E-state index in [9.17, 15) is 0 Å². The van der Waals surface area contributed by atoms with Gasteiger partial charge < -0.3 is 8.83 Å². The summed E-state index contributed by atoms with van der Waals surface area (Å²) in [5.41, 5.74) is 10.1. The number of nitrogens with zero attached hydrogens (tertiary/aromatic N) is 4. The lowest BCUT2D eigenvalue weighted by Crippen LogP contribution is -1.98. The number of fused-ring (bicyclic) bond motifs is 7. The van der Waals surface area contributed by atoms with Crippen molar-refractivity contribution in [2.45, 2.75) is 0 Å². The van der Waals surface area contributed by atoms with Gasteiger partial charge in [-0.1, -0.05) is 109 Å². The Labute approximate surface area is 286 Å². The monoisotopic (exact) mass is 642 g/mol. The minimum atomic E-state index is 0.568. The van der Waals surface area contributed by atoms with Gasteiger partial charge in [0.05, 0.1) is 17.1 Å². The van der Waals surface area contributed by atoms with Crippen molar-refractivity contribution >= 4 is 43.8 Å². The van der Waals surface area contributed by atoms with Crippen LogP contribution in [0.2, 0.25) is 0 Å². The van der Waals surface area contributed by atoms with Gasteiger partial charge in [-0.25, -0.2) is 19.9 Å². The maximum atomic E-state index is 6.66. The molecule has 4 aromatic heterocycles. The van der Waals surface area contributed by atoms with E-state index < -0.39 is 0 Å². The summed E-state index contributed by atoms with van der Waals surface area (Å²) in [5.74, 6) is 1.14. The standard InChI is InChI=1S/C44H26N4O2/c1-4-12-27(13-5-1)37-26-38(28-14-6-2-7-15-28)47-43(46-37)36-21-11-20-35(45-36)31-18-10-19-32-30(31)22-23-33-34-24-25-39-40(42(34)50-41(32)33)48-44(49-39)29-16-8-3-9-17-29/h1-26H. The first kappa shape index (κ1) is 28.1. The molecule has 6 aromatic carbocycles. The molecule has 0 bridgehead atoms. The first-order valence-corrected chi connectivity index (χ1v) is 16.5. The van der Waals surface area contributed by atoms with Gasteiger partial charge in [0.25, 0.3) is 0 Å². The zero-order valence-corrected chi connectivity index (χ0v) is 26.6. The highest BCUT2D eigenvalue weighted by Crippen LogP contribution is 2.40. The summed E-state index contributed by atoms with van der Waals surface area (Å²) in [6.45, 7) is 0. The van der Waals surface area contributed by atoms with Gasteiger partial charge in [-0.2, -0.15) is 0 Å². The van der Waals surface area contributed by atoms with E-state index in [1.807, 2.05) is 97.1 Å². The Hall–Kier alpha value is -6.92. The quantitative estimate of drug-likeness (QED) is 0.186. The number of furan rings is 1. The molecule has 0 aliphatic heterocycles. The molecule has 10 rings (SSSR count). The summed E-state index contributed by atoms with van der Waals surface area (Å²) in [6, 6.07) is 52.9. The highest BCUT2D eigenvalue weighted by molar-refractivity contribution is 6.20. The van der Waals surface area contributed by atoms with Gasteiger partial charge in [-0.3, -0.25) is 0 Å². The lowest BCUT2D eigenvalue weighted by atomic mass is 9.99. The Kier molecular flexibility index (Phi) is 6.39. The molecule has 50 heavy (non-hydrogen) atoms. The maximum Gasteiger partial charge on any atom is 0.227 e. The van der Waals surface area contributed by atoms with Crippen molar-refractivity contribution in [3.8, 4) is 56.7 Å². The third-order valence-electron chi connectivity index (χ3n) is 9.16. The van der Waals surface area contributed by atoms with Crippen molar-refractivity contribution in [3.63, 3.8) is 0 Å². The van der Waals surface area contributed by atoms with Crippen molar-refractivity contribution in [1.29, 1.82) is 0 Å². The number of hydrogen-bond acceptors (Lipinski definition) is 6. The minimum Gasteiger partial charge on any atom is -0.453 e. The molecule has 0 atom stereocenters. The van der Waals surface area contributed by atoms with Gasteiger partial charge >= 0.3 is 0 Å². The van der Waals surface area contributed by atoms with E-state index in [1.165, 1.54) is 0 Å². The summed E-state index contributed by atoms with van der Waals surface area (Å²) in [6.07, 6.45) is 0. The molecule has 0 spiro atoms. The average molecular weight is 643 g/mol. The van der Waals surface area contributed by atoms with E-state index >= 15 is 0 Å². The van der Waals surface area contributed by atoms with Crippen LogP contribution >= 0.6 is 0 Å². The Morgan fingerprint density at radius 2 is 0.940 bits per heavy atom. The highest BCUT2D eigenvalue weighted by Gasteiger charge is 2.19. The largest absolute Gasteiger partial charge is 0.453 e. The van der Waals surface area contributed by atoms with Gasteiger partial charge in [0.2, 0.25) is 5.89 Å². The number of benzene rings is 6. The van der Waals surface area contributed by atoms with E-state index in [1.54, 1.807) is 0 Å². The Balaban J connectivity index is 1.11. The van der Waals surface area contributed by atoms with E-state index in [0.29, 0.717) is 34.1 Å². The summed E-state index contributed by atoms with van der Waals surface area (Å²) in [5, 5.41) is 4.06. The molecule has 4 heterocycles. The van der Waals surface area contributed by atoms with Crippen LogP contribution in [0.15, 0.2) is 167 Å². The van der Waals surface area contributed by atoms with Crippen LogP contribution in [0.1, 0.15) is 0 Å². The van der Waals surface area contributed by atoms with Crippen LogP contribution < -0.4 is 0 Å². The van der Waals surface area contributed by atoms with Crippen LogP contribution in [0.5, 0.6) is 0 Å². The third-order valence-corrected chi connectivity index (χ3v) is 9.16. The van der Waals surface area contributed by atoms with Gasteiger partial charge in [-0.05, 0) is 53.9 Å². The van der Waals surface area contributed by atoms with E-state index in [4.69, 9.17) is 28.8 Å². The summed E-state index contributed by atoms with van der Waals surface area (Å²) in [4.78, 5) is 20.0. The predicted octanol–water partition coefficient (Wildman–Crippen LogP) is 11.4. The molecule has 234 valence electrons. The fourth-order valence-corrected chi connectivity index (χ4v) is 6.75. The number of pyridine rings is 1. The van der Waals surface area contributed by atoms with Crippen molar-refractivity contribution in [2.24, 2.45) is 0 Å². The summed E-state index contributed by atoms with van der Waals surface area (Å²) < 4.78 is 12.8. The normalized spacial score (nSPS) is 11.6. The molecule has 0 N–H and O–H groups in total. The molecule has 0 saturated carbocycles. The Bertz CT molecular complexity index is 2800. The van der Waals surface area contributed by atoms with Gasteiger partial charge in [0, 0.05) is 38.4 Å². The molecular formula is C44H26N4O2. The molecule has 0 radical (unpaired) electrons. The molecule has 0 unspecified atom stereocenters. The van der Waals surface area contributed by atoms with E-state index in [0.717, 1.165) is 66.5 Å². The van der Waals surface area contributed by atoms with Crippen LogP contribution in [-0.2, 0) is 0 Å². The fourth-order valence-electron chi connectivity index (χ4n) is 6.75. The van der Waals surface area contributed by atoms with Gasteiger partial charge in [-0.15, -0.1) is 0 Å². The van der Waals surface area contributed by atoms with E-state index in [2.05, 4.69) is 60.7 Å². The molecule has 0 amide bonds. The number of rotatable bonds is 5. The smallest absolute Gasteiger partial charge is 0.227 e. The third kappa shape index (κ3) is 4.65. The molecule has 6 nitrogen and oxygen atoms in total. The van der Waals surface area contributed by atoms with E-state index in [-0.39, 0.29) is 0 Å². The van der Waals surface area contributed by atoms with Crippen molar-refractivity contribution < 1.29 is 8.83 Å². The molecule has 0 saturated heterocycles. The van der Waals surface area contributed by atoms with Crippen LogP contribution in [-0.4, -0.2) is 19.9 Å². The van der Waals surface area contributed by atoms with Crippen LogP contribution in [0.4, 0.5) is 0 Å². The Morgan fingerprint density at radius 3 is 1.66 bits per heavy atom. The zero-order valence-electron chi connectivity index (χ0n) is 26.6. The van der Waals surface area contributed by atoms with Crippen molar-refractivity contribution in [2.75, 3.05) is 0 Å². The van der Waals surface area contributed by atoms with Gasteiger partial charge in [0.1, 0.15) is 11.3 Å². The first-order valence-electron chi connectivity index (χ1n) is 16.5. The molecule has 0 aliphatic carbocycles. The molecular weight excluding hydrogens is 617 g/mol. The maximum absolute atomic E-state index is 6.66. The fraction of sp³-hybridized carbons (Fsp3) is 0. The zero-order chi connectivity index (χ0) is 33.0. The minimum absolute atomic E-state index is 0.568. The van der Waals surface area contributed by atoms with Crippen molar-refractivity contribution in [1.82, 2.24) is 19.9 Å². The van der Waals surface area contributed by atoms with Crippen LogP contribution in [0, 0.1) is 0 Å².